The molecule has 2 N–H and O–H groups in total. The molecule has 4 heteroatoms. The van der Waals surface area contributed by atoms with Crippen LogP contribution in [-0.4, -0.2) is 31.1 Å². The summed E-state index contributed by atoms with van der Waals surface area (Å²) in [7, 11) is 0. The zero-order valence-electron chi connectivity index (χ0n) is 12.3. The molecule has 1 atom stereocenters. The normalized spacial score (nSPS) is 18.5. The van der Waals surface area contributed by atoms with Crippen molar-refractivity contribution in [2.45, 2.75) is 32.6 Å². The van der Waals surface area contributed by atoms with E-state index >= 15 is 0 Å². The van der Waals surface area contributed by atoms with Crippen LogP contribution in [0.15, 0.2) is 18.2 Å². The predicted molar refractivity (Wildman–Crippen MR) is 85.4 cm³/mol. The molecule has 1 aliphatic rings. The third-order valence-electron chi connectivity index (χ3n) is 3.76. The highest BCUT2D eigenvalue weighted by Crippen LogP contribution is 2.25. The number of rotatable bonds is 5. The number of nitrogen functional groups attached to an aromatic ring is 1. The zero-order chi connectivity index (χ0) is 14.4. The van der Waals surface area contributed by atoms with Crippen molar-refractivity contribution in [2.24, 2.45) is 5.92 Å². The highest BCUT2D eigenvalue weighted by Gasteiger charge is 2.13. The number of hydrogen-bond donors (Lipinski definition) is 1. The molecule has 0 bridgehead atoms. The number of hydrogen-bond acceptors (Lipinski definition) is 3. The first-order valence-corrected chi connectivity index (χ1v) is 7.93. The average Bonchev–Trinajstić information content (AvgIpc) is 2.66. The predicted octanol–water partition coefficient (Wildman–Crippen LogP) is 3.81. The Labute approximate surface area is 127 Å². The average molecular weight is 297 g/mol. The number of nitrogens with zero attached hydrogens (tertiary/aromatic N) is 1. The van der Waals surface area contributed by atoms with E-state index in [1.165, 1.54) is 38.8 Å². The molecule has 0 spiro atoms. The molecule has 0 saturated carbocycles. The van der Waals surface area contributed by atoms with Crippen LogP contribution in [0.1, 0.15) is 32.6 Å². The number of ether oxygens (including phenoxy) is 1. The molecular formula is C16H25ClN2O. The Bertz CT molecular complexity index is 417. The Kier molecular flexibility index (Phi) is 5.99. The van der Waals surface area contributed by atoms with Gasteiger partial charge in [0.1, 0.15) is 5.75 Å². The molecule has 1 heterocycles. The first-order chi connectivity index (χ1) is 9.65. The van der Waals surface area contributed by atoms with E-state index in [9.17, 15) is 0 Å². The minimum Gasteiger partial charge on any atom is -0.491 e. The van der Waals surface area contributed by atoms with E-state index in [1.807, 2.05) is 12.1 Å². The zero-order valence-corrected chi connectivity index (χ0v) is 13.0. The standard InChI is InChI=1S/C16H25ClN2O/c1-13(11-19-8-4-2-3-5-9-19)12-20-16-7-6-14(17)10-15(16)18/h6-7,10,13H,2-5,8-9,11-12,18H2,1H3. The van der Waals surface area contributed by atoms with Gasteiger partial charge >= 0.3 is 0 Å². The summed E-state index contributed by atoms with van der Waals surface area (Å²) in [5.74, 6) is 1.24. The smallest absolute Gasteiger partial charge is 0.142 e. The quantitative estimate of drug-likeness (QED) is 0.840. The van der Waals surface area contributed by atoms with Crippen LogP contribution in [0.2, 0.25) is 5.02 Å². The molecule has 1 aromatic carbocycles. The number of anilines is 1. The van der Waals surface area contributed by atoms with Crippen molar-refractivity contribution < 1.29 is 4.74 Å². The van der Waals surface area contributed by atoms with Gasteiger partial charge < -0.3 is 15.4 Å². The van der Waals surface area contributed by atoms with Gasteiger partial charge in [-0.25, -0.2) is 0 Å². The summed E-state index contributed by atoms with van der Waals surface area (Å²) < 4.78 is 5.82. The second kappa shape index (κ2) is 7.75. The van der Waals surface area contributed by atoms with Gasteiger partial charge in [-0.1, -0.05) is 31.4 Å². The maximum absolute atomic E-state index is 5.89. The van der Waals surface area contributed by atoms with Crippen LogP contribution in [-0.2, 0) is 0 Å². The van der Waals surface area contributed by atoms with Gasteiger partial charge in [-0.3, -0.25) is 0 Å². The lowest BCUT2D eigenvalue weighted by Crippen LogP contribution is -2.31. The molecule has 20 heavy (non-hydrogen) atoms. The van der Waals surface area contributed by atoms with Gasteiger partial charge in [0.2, 0.25) is 0 Å². The summed E-state index contributed by atoms with van der Waals surface area (Å²) in [6, 6.07) is 5.39. The summed E-state index contributed by atoms with van der Waals surface area (Å²) in [4.78, 5) is 2.56. The van der Waals surface area contributed by atoms with E-state index in [2.05, 4.69) is 11.8 Å². The third-order valence-corrected chi connectivity index (χ3v) is 4.00. The second-order valence-corrected chi connectivity index (χ2v) is 6.25. The van der Waals surface area contributed by atoms with Gasteiger partial charge in [-0.05, 0) is 44.1 Å². The number of nitrogens with two attached hydrogens (primary N) is 1. The monoisotopic (exact) mass is 296 g/mol. The fraction of sp³-hybridized carbons (Fsp3) is 0.625. The van der Waals surface area contributed by atoms with E-state index in [4.69, 9.17) is 22.1 Å². The van der Waals surface area contributed by atoms with Crippen molar-refractivity contribution in [2.75, 3.05) is 32.0 Å². The van der Waals surface area contributed by atoms with Gasteiger partial charge in [-0.2, -0.15) is 0 Å². The summed E-state index contributed by atoms with van der Waals surface area (Å²) in [6.07, 6.45) is 5.42. The lowest BCUT2D eigenvalue weighted by atomic mass is 10.2. The summed E-state index contributed by atoms with van der Waals surface area (Å²) in [5, 5.41) is 0.646. The molecular weight excluding hydrogens is 272 g/mol. The molecule has 0 aliphatic carbocycles. The Hall–Kier alpha value is -0.930. The van der Waals surface area contributed by atoms with Crippen LogP contribution in [0.4, 0.5) is 5.69 Å². The third kappa shape index (κ3) is 4.88. The topological polar surface area (TPSA) is 38.5 Å². The van der Waals surface area contributed by atoms with E-state index in [1.54, 1.807) is 6.07 Å². The Balaban J connectivity index is 1.77. The molecule has 1 aromatic rings. The highest BCUT2D eigenvalue weighted by molar-refractivity contribution is 6.30. The van der Waals surface area contributed by atoms with Crippen molar-refractivity contribution >= 4 is 17.3 Å². The van der Waals surface area contributed by atoms with Crippen LogP contribution in [0.5, 0.6) is 5.75 Å². The Morgan fingerprint density at radius 2 is 1.95 bits per heavy atom. The minimum atomic E-state index is 0.503. The van der Waals surface area contributed by atoms with Gasteiger partial charge in [0.15, 0.2) is 0 Å². The van der Waals surface area contributed by atoms with Crippen molar-refractivity contribution in [1.82, 2.24) is 4.90 Å². The van der Waals surface area contributed by atoms with E-state index in [-0.39, 0.29) is 0 Å². The Morgan fingerprint density at radius 3 is 2.60 bits per heavy atom. The number of benzene rings is 1. The van der Waals surface area contributed by atoms with E-state index < -0.39 is 0 Å². The maximum atomic E-state index is 5.89. The van der Waals surface area contributed by atoms with Gasteiger partial charge in [0.25, 0.3) is 0 Å². The molecule has 1 aliphatic heterocycles. The molecule has 3 nitrogen and oxygen atoms in total. The first-order valence-electron chi connectivity index (χ1n) is 7.55. The van der Waals surface area contributed by atoms with Crippen molar-refractivity contribution in [3.8, 4) is 5.75 Å². The van der Waals surface area contributed by atoms with Crippen LogP contribution >= 0.6 is 11.6 Å². The second-order valence-electron chi connectivity index (χ2n) is 5.81. The minimum absolute atomic E-state index is 0.503. The molecule has 1 unspecified atom stereocenters. The van der Waals surface area contributed by atoms with E-state index in [0.29, 0.717) is 23.2 Å². The van der Waals surface area contributed by atoms with Crippen LogP contribution in [0, 0.1) is 5.92 Å². The SMILES string of the molecule is CC(COc1ccc(Cl)cc1N)CN1CCCCCC1. The maximum Gasteiger partial charge on any atom is 0.142 e. The van der Waals surface area contributed by atoms with Crippen molar-refractivity contribution in [3.63, 3.8) is 0 Å². The van der Waals surface area contributed by atoms with Gasteiger partial charge in [0.05, 0.1) is 12.3 Å². The molecule has 0 aromatic heterocycles. The summed E-state index contributed by atoms with van der Waals surface area (Å²) >= 11 is 5.88. The van der Waals surface area contributed by atoms with Gasteiger partial charge in [0, 0.05) is 17.5 Å². The highest BCUT2D eigenvalue weighted by atomic mass is 35.5. The molecule has 1 saturated heterocycles. The fourth-order valence-electron chi connectivity index (χ4n) is 2.70. The largest absolute Gasteiger partial charge is 0.491 e. The van der Waals surface area contributed by atoms with Crippen molar-refractivity contribution in [3.05, 3.63) is 23.2 Å². The molecule has 2 rings (SSSR count). The van der Waals surface area contributed by atoms with Crippen LogP contribution in [0.3, 0.4) is 0 Å². The Morgan fingerprint density at radius 1 is 1.25 bits per heavy atom. The molecule has 112 valence electrons. The van der Waals surface area contributed by atoms with Crippen molar-refractivity contribution in [1.29, 1.82) is 0 Å². The van der Waals surface area contributed by atoms with E-state index in [0.717, 1.165) is 12.3 Å². The first kappa shape index (κ1) is 15.5. The molecule has 0 amide bonds. The summed E-state index contributed by atoms with van der Waals surface area (Å²) in [5.41, 5.74) is 6.50. The van der Waals surface area contributed by atoms with Crippen LogP contribution in [0.25, 0.3) is 0 Å². The summed E-state index contributed by atoms with van der Waals surface area (Å²) in [6.45, 7) is 6.49. The molecule has 0 radical (unpaired) electrons. The van der Waals surface area contributed by atoms with Gasteiger partial charge in [-0.15, -0.1) is 0 Å². The number of likely N-dealkylation sites (tertiary alicyclic amines) is 1. The fourth-order valence-corrected chi connectivity index (χ4v) is 2.88. The van der Waals surface area contributed by atoms with Crippen LogP contribution < -0.4 is 10.5 Å². The number of halogens is 1. The lowest BCUT2D eigenvalue weighted by Gasteiger charge is -2.24. The molecule has 1 fully saturated rings. The lowest BCUT2D eigenvalue weighted by molar-refractivity contribution is 0.189.